The van der Waals surface area contributed by atoms with Gasteiger partial charge >= 0.3 is 0 Å². The first kappa shape index (κ1) is 13.0. The van der Waals surface area contributed by atoms with E-state index < -0.39 is 0 Å². The highest BCUT2D eigenvalue weighted by Crippen LogP contribution is 2.07. The molecule has 2 amide bonds. The van der Waals surface area contributed by atoms with E-state index in [1.165, 1.54) is 0 Å². The number of nitrogens with two attached hydrogens (primary N) is 1. The van der Waals surface area contributed by atoms with Crippen LogP contribution >= 0.6 is 0 Å². The molecule has 0 aliphatic rings. The SMILES string of the molecule is C[C@H](CC(N)=O)CC(=O)NNc1ccccc1. The third kappa shape index (κ3) is 5.55. The summed E-state index contributed by atoms with van der Waals surface area (Å²) in [7, 11) is 0. The molecule has 0 radical (unpaired) electrons. The van der Waals surface area contributed by atoms with Gasteiger partial charge in [-0.15, -0.1) is 0 Å². The standard InChI is InChI=1S/C12H17N3O2/c1-9(7-11(13)16)8-12(17)15-14-10-5-3-2-4-6-10/h2-6,9,14H,7-8H2,1H3,(H2,13,16)(H,15,17)/t9-/m1/s1. The van der Waals surface area contributed by atoms with Crippen molar-refractivity contribution in [3.05, 3.63) is 30.3 Å². The average Bonchev–Trinajstić information content (AvgIpc) is 2.26. The van der Waals surface area contributed by atoms with Crippen molar-refractivity contribution in [3.8, 4) is 0 Å². The van der Waals surface area contributed by atoms with Gasteiger partial charge in [0.1, 0.15) is 0 Å². The van der Waals surface area contributed by atoms with Gasteiger partial charge in [0, 0.05) is 12.8 Å². The van der Waals surface area contributed by atoms with E-state index in [0.717, 1.165) is 5.69 Å². The fourth-order valence-corrected chi connectivity index (χ4v) is 1.45. The van der Waals surface area contributed by atoms with Crippen molar-refractivity contribution < 1.29 is 9.59 Å². The fourth-order valence-electron chi connectivity index (χ4n) is 1.45. The first-order valence-electron chi connectivity index (χ1n) is 5.46. The molecular formula is C12H17N3O2. The summed E-state index contributed by atoms with van der Waals surface area (Å²) >= 11 is 0. The zero-order valence-electron chi connectivity index (χ0n) is 9.77. The maximum absolute atomic E-state index is 11.5. The maximum atomic E-state index is 11.5. The first-order valence-corrected chi connectivity index (χ1v) is 5.46. The predicted octanol–water partition coefficient (Wildman–Crippen LogP) is 1.03. The number of rotatable bonds is 6. The summed E-state index contributed by atoms with van der Waals surface area (Å²) < 4.78 is 0. The molecule has 0 spiro atoms. The van der Waals surface area contributed by atoms with Gasteiger partial charge in [-0.25, -0.2) is 0 Å². The molecule has 0 heterocycles. The van der Waals surface area contributed by atoms with E-state index in [1.807, 2.05) is 37.3 Å². The van der Waals surface area contributed by atoms with Crippen LogP contribution in [0.1, 0.15) is 19.8 Å². The van der Waals surface area contributed by atoms with Crippen LogP contribution in [0.3, 0.4) is 0 Å². The third-order valence-electron chi connectivity index (χ3n) is 2.20. The largest absolute Gasteiger partial charge is 0.370 e. The molecule has 0 fully saturated rings. The van der Waals surface area contributed by atoms with E-state index in [4.69, 9.17) is 5.73 Å². The number of anilines is 1. The Kier molecular flexibility index (Phi) is 5.00. The zero-order valence-corrected chi connectivity index (χ0v) is 9.77. The Bertz CT molecular complexity index is 379. The first-order chi connectivity index (χ1) is 8.08. The molecule has 0 unspecified atom stereocenters. The molecule has 1 aromatic carbocycles. The molecule has 0 saturated heterocycles. The van der Waals surface area contributed by atoms with Crippen molar-refractivity contribution >= 4 is 17.5 Å². The predicted molar refractivity (Wildman–Crippen MR) is 65.8 cm³/mol. The van der Waals surface area contributed by atoms with Crippen LogP contribution in [0.2, 0.25) is 0 Å². The van der Waals surface area contributed by atoms with E-state index >= 15 is 0 Å². The van der Waals surface area contributed by atoms with Crippen molar-refractivity contribution in [3.63, 3.8) is 0 Å². The van der Waals surface area contributed by atoms with Crippen LogP contribution in [-0.4, -0.2) is 11.8 Å². The third-order valence-corrected chi connectivity index (χ3v) is 2.20. The number of hydrogen-bond acceptors (Lipinski definition) is 3. The van der Waals surface area contributed by atoms with Gasteiger partial charge in [-0.1, -0.05) is 25.1 Å². The Morgan fingerprint density at radius 2 is 1.88 bits per heavy atom. The molecule has 0 saturated carbocycles. The molecule has 1 aromatic rings. The second-order valence-corrected chi connectivity index (χ2v) is 4.02. The summed E-state index contributed by atoms with van der Waals surface area (Å²) in [6.45, 7) is 1.81. The Hall–Kier alpha value is -2.04. The topological polar surface area (TPSA) is 84.2 Å². The second-order valence-electron chi connectivity index (χ2n) is 4.02. The molecule has 0 bridgehead atoms. The van der Waals surface area contributed by atoms with Crippen LogP contribution in [0.4, 0.5) is 5.69 Å². The van der Waals surface area contributed by atoms with E-state index in [0.29, 0.717) is 0 Å². The Balaban J connectivity index is 2.28. The van der Waals surface area contributed by atoms with Gasteiger partial charge in [-0.2, -0.15) is 0 Å². The minimum atomic E-state index is -0.388. The van der Waals surface area contributed by atoms with Crippen molar-refractivity contribution in [1.29, 1.82) is 0 Å². The Labute approximate surface area is 100 Å². The summed E-state index contributed by atoms with van der Waals surface area (Å²) in [6, 6.07) is 9.30. The normalized spacial score (nSPS) is 11.6. The molecule has 4 N–H and O–H groups in total. The van der Waals surface area contributed by atoms with Crippen LogP contribution in [-0.2, 0) is 9.59 Å². The monoisotopic (exact) mass is 235 g/mol. The molecule has 1 rings (SSSR count). The minimum absolute atomic E-state index is 0.0509. The molecule has 0 aliphatic carbocycles. The highest BCUT2D eigenvalue weighted by molar-refractivity contribution is 5.79. The lowest BCUT2D eigenvalue weighted by Gasteiger charge is -2.11. The van der Waals surface area contributed by atoms with Crippen LogP contribution in [0, 0.1) is 5.92 Å². The van der Waals surface area contributed by atoms with Gasteiger partial charge in [-0.05, 0) is 18.1 Å². The van der Waals surface area contributed by atoms with Crippen LogP contribution in [0.15, 0.2) is 30.3 Å². The molecule has 1 atom stereocenters. The van der Waals surface area contributed by atoms with E-state index in [-0.39, 0.29) is 30.6 Å². The summed E-state index contributed by atoms with van der Waals surface area (Å²) in [6.07, 6.45) is 0.488. The summed E-state index contributed by atoms with van der Waals surface area (Å²) in [5.41, 5.74) is 11.2. The average molecular weight is 235 g/mol. The van der Waals surface area contributed by atoms with Gasteiger partial charge in [0.2, 0.25) is 11.8 Å². The number of carbonyl (C=O) groups is 2. The van der Waals surface area contributed by atoms with E-state index in [1.54, 1.807) is 0 Å². The molecular weight excluding hydrogens is 218 g/mol. The van der Waals surface area contributed by atoms with Gasteiger partial charge in [0.15, 0.2) is 0 Å². The number of benzene rings is 1. The van der Waals surface area contributed by atoms with Gasteiger partial charge in [0.05, 0.1) is 5.69 Å². The molecule has 0 aromatic heterocycles. The van der Waals surface area contributed by atoms with Crippen molar-refractivity contribution in [2.75, 3.05) is 5.43 Å². The lowest BCUT2D eigenvalue weighted by Crippen LogP contribution is -2.31. The number of carbonyl (C=O) groups excluding carboxylic acids is 2. The molecule has 17 heavy (non-hydrogen) atoms. The lowest BCUT2D eigenvalue weighted by molar-refractivity contribution is -0.122. The van der Waals surface area contributed by atoms with Crippen LogP contribution < -0.4 is 16.6 Å². The van der Waals surface area contributed by atoms with Crippen molar-refractivity contribution in [2.24, 2.45) is 11.7 Å². The quantitative estimate of drug-likeness (QED) is 0.644. The summed E-state index contributed by atoms with van der Waals surface area (Å²) in [5, 5.41) is 0. The van der Waals surface area contributed by atoms with Gasteiger partial charge < -0.3 is 5.73 Å². The second kappa shape index (κ2) is 6.52. The molecule has 92 valence electrons. The smallest absolute Gasteiger partial charge is 0.238 e. The number of para-hydroxylation sites is 1. The number of hydrazine groups is 1. The van der Waals surface area contributed by atoms with Crippen LogP contribution in [0.25, 0.3) is 0 Å². The van der Waals surface area contributed by atoms with Crippen molar-refractivity contribution in [2.45, 2.75) is 19.8 Å². The molecule has 0 aliphatic heterocycles. The number of amides is 2. The van der Waals surface area contributed by atoms with Gasteiger partial charge in [-0.3, -0.25) is 20.4 Å². The highest BCUT2D eigenvalue weighted by atomic mass is 16.2. The Morgan fingerprint density at radius 3 is 2.47 bits per heavy atom. The molecule has 5 heteroatoms. The zero-order chi connectivity index (χ0) is 12.7. The molecule has 5 nitrogen and oxygen atoms in total. The fraction of sp³-hybridized carbons (Fsp3) is 0.333. The van der Waals surface area contributed by atoms with E-state index in [9.17, 15) is 9.59 Å². The maximum Gasteiger partial charge on any atom is 0.238 e. The number of hydrogen-bond donors (Lipinski definition) is 3. The highest BCUT2D eigenvalue weighted by Gasteiger charge is 2.11. The number of primary amides is 1. The minimum Gasteiger partial charge on any atom is -0.370 e. The van der Waals surface area contributed by atoms with Gasteiger partial charge in [0.25, 0.3) is 0 Å². The summed E-state index contributed by atoms with van der Waals surface area (Å²) in [5.74, 6) is -0.603. The number of nitrogens with one attached hydrogen (secondary N) is 2. The van der Waals surface area contributed by atoms with Crippen LogP contribution in [0.5, 0.6) is 0 Å². The summed E-state index contributed by atoms with van der Waals surface area (Å²) in [4.78, 5) is 22.1. The van der Waals surface area contributed by atoms with Crippen molar-refractivity contribution in [1.82, 2.24) is 5.43 Å². The Morgan fingerprint density at radius 1 is 1.24 bits per heavy atom. The van der Waals surface area contributed by atoms with E-state index in [2.05, 4.69) is 10.9 Å². The lowest BCUT2D eigenvalue weighted by atomic mass is 10.0.